The van der Waals surface area contributed by atoms with E-state index in [-0.39, 0.29) is 19.1 Å². The summed E-state index contributed by atoms with van der Waals surface area (Å²) in [4.78, 5) is 23.4. The van der Waals surface area contributed by atoms with Crippen LogP contribution in [0.3, 0.4) is 0 Å². The molecule has 0 aromatic carbocycles. The van der Waals surface area contributed by atoms with Gasteiger partial charge in [-0.25, -0.2) is 4.57 Å². The zero-order valence-electron chi connectivity index (χ0n) is 57.9. The molecule has 0 aromatic rings. The summed E-state index contributed by atoms with van der Waals surface area (Å²) in [5.41, 5.74) is 0. The highest BCUT2D eigenvalue weighted by molar-refractivity contribution is 7.47. The second-order valence-electron chi connectivity index (χ2n) is 27.4. The molecule has 0 saturated heterocycles. The first-order chi connectivity index (χ1) is 41.5. The number of aliphatic hydroxyl groups is 1. The van der Waals surface area contributed by atoms with Gasteiger partial charge in [0.15, 0.2) is 0 Å². The fraction of sp³-hybridized carbons (Fsp3) is 0.908. The van der Waals surface area contributed by atoms with Crippen molar-refractivity contribution in [2.75, 3.05) is 40.9 Å². The average molecular weight is 1220 g/mol. The Morgan fingerprint density at radius 2 is 0.647 bits per heavy atom. The highest BCUT2D eigenvalue weighted by Gasteiger charge is 2.28. The fourth-order valence-electron chi connectivity index (χ4n) is 11.7. The molecule has 3 atom stereocenters. The van der Waals surface area contributed by atoms with E-state index >= 15 is 0 Å². The minimum atomic E-state index is -4.36. The van der Waals surface area contributed by atoms with E-state index in [9.17, 15) is 19.4 Å². The summed E-state index contributed by atoms with van der Waals surface area (Å²) in [6.07, 6.45) is 90.5. The zero-order valence-corrected chi connectivity index (χ0v) is 58.8. The number of carbonyl (C=O) groups is 1. The molecule has 3 N–H and O–H groups in total. The third-order valence-corrected chi connectivity index (χ3v) is 18.6. The van der Waals surface area contributed by atoms with Crippen molar-refractivity contribution in [3.8, 4) is 0 Å². The van der Waals surface area contributed by atoms with Gasteiger partial charge in [-0.05, 0) is 57.8 Å². The molecular weight excluding hydrogens is 1070 g/mol. The second kappa shape index (κ2) is 67.1. The van der Waals surface area contributed by atoms with Gasteiger partial charge in [0.2, 0.25) is 5.91 Å². The molecule has 3 unspecified atom stereocenters. The van der Waals surface area contributed by atoms with E-state index < -0.39 is 20.0 Å². The Bertz CT molecular complexity index is 1480. The highest BCUT2D eigenvalue weighted by Crippen LogP contribution is 2.43. The van der Waals surface area contributed by atoms with Crippen LogP contribution >= 0.6 is 7.82 Å². The molecule has 1 amide bonds. The average Bonchev–Trinajstić information content (AvgIpc) is 3.49. The van der Waals surface area contributed by atoms with Crippen molar-refractivity contribution in [1.29, 1.82) is 0 Å². The Hall–Kier alpha value is -1.28. The van der Waals surface area contributed by atoms with E-state index in [1.807, 2.05) is 27.2 Å². The third kappa shape index (κ3) is 70.0. The van der Waals surface area contributed by atoms with Crippen LogP contribution in [0.1, 0.15) is 393 Å². The number of phosphoric ester groups is 1. The van der Waals surface area contributed by atoms with Gasteiger partial charge < -0.3 is 19.8 Å². The van der Waals surface area contributed by atoms with Gasteiger partial charge in [-0.15, -0.1) is 0 Å². The van der Waals surface area contributed by atoms with Crippen LogP contribution in [-0.4, -0.2) is 73.4 Å². The lowest BCUT2D eigenvalue weighted by molar-refractivity contribution is -0.870. The van der Waals surface area contributed by atoms with Crippen LogP contribution < -0.4 is 5.32 Å². The van der Waals surface area contributed by atoms with Crippen molar-refractivity contribution in [3.63, 3.8) is 0 Å². The van der Waals surface area contributed by atoms with Gasteiger partial charge in [-0.1, -0.05) is 365 Å². The summed E-state index contributed by atoms with van der Waals surface area (Å²) in [7, 11) is 1.57. The second-order valence-corrected chi connectivity index (χ2v) is 28.8. The molecule has 0 bridgehead atoms. The number of rotatable bonds is 71. The molecule has 9 heteroatoms. The normalized spacial score (nSPS) is 13.7. The minimum Gasteiger partial charge on any atom is -0.387 e. The molecule has 8 nitrogen and oxygen atoms in total. The molecule has 0 aliphatic carbocycles. The van der Waals surface area contributed by atoms with E-state index in [0.29, 0.717) is 17.4 Å². The van der Waals surface area contributed by atoms with Crippen molar-refractivity contribution in [3.05, 3.63) is 36.5 Å². The summed E-state index contributed by atoms with van der Waals surface area (Å²) < 4.78 is 23.8. The number of quaternary nitrogens is 1. The number of unbranched alkanes of at least 4 members (excludes halogenated alkanes) is 54. The van der Waals surface area contributed by atoms with Gasteiger partial charge in [-0.3, -0.25) is 13.8 Å². The first-order valence-corrected chi connectivity index (χ1v) is 39.4. The van der Waals surface area contributed by atoms with Gasteiger partial charge in [0, 0.05) is 6.42 Å². The number of allylic oxidation sites excluding steroid dienone is 5. The topological polar surface area (TPSA) is 105 Å². The maximum absolute atomic E-state index is 13.1. The van der Waals surface area contributed by atoms with E-state index in [1.54, 1.807) is 6.08 Å². The molecule has 0 radical (unpaired) electrons. The quantitative estimate of drug-likeness (QED) is 0.0243. The van der Waals surface area contributed by atoms with Gasteiger partial charge in [-0.2, -0.15) is 0 Å². The summed E-state index contributed by atoms with van der Waals surface area (Å²) in [6.45, 7) is 4.86. The van der Waals surface area contributed by atoms with Crippen molar-refractivity contribution >= 4 is 13.7 Å². The highest BCUT2D eigenvalue weighted by atomic mass is 31.2. The SMILES string of the molecule is CCCCCCCCCC/C=C\CCCCCCCCCCCCCCCCCCCCCCCCCCCCCC(=O)NC(COP(=O)(O)OCC[N+](C)(C)C)C(O)/C=C/CC/C=C/CCCCCCCCCCCCCCCCCCCC. The number of hydrogen-bond acceptors (Lipinski definition) is 5. The van der Waals surface area contributed by atoms with Crippen molar-refractivity contribution in [2.24, 2.45) is 0 Å². The number of hydrogen-bond donors (Lipinski definition) is 3. The first-order valence-electron chi connectivity index (χ1n) is 37.9. The molecule has 0 fully saturated rings. The molecule has 0 aliphatic rings. The van der Waals surface area contributed by atoms with Crippen LogP contribution in [0.15, 0.2) is 36.5 Å². The smallest absolute Gasteiger partial charge is 0.387 e. The van der Waals surface area contributed by atoms with Gasteiger partial charge in [0.25, 0.3) is 0 Å². The number of carbonyl (C=O) groups excluding carboxylic acids is 1. The molecule has 0 rings (SSSR count). The van der Waals surface area contributed by atoms with Gasteiger partial charge in [0.1, 0.15) is 13.2 Å². The lowest BCUT2D eigenvalue weighted by Gasteiger charge is -2.25. The molecule has 0 aliphatic heterocycles. The number of likely N-dealkylation sites (N-methyl/N-ethyl adjacent to an activating group) is 1. The van der Waals surface area contributed by atoms with Crippen LogP contribution in [-0.2, 0) is 18.4 Å². The molecule has 504 valence electrons. The monoisotopic (exact) mass is 1220 g/mol. The summed E-state index contributed by atoms with van der Waals surface area (Å²) in [5.74, 6) is -0.178. The molecule has 0 heterocycles. The molecule has 0 saturated carbocycles. The molecule has 85 heavy (non-hydrogen) atoms. The molecule has 0 aromatic heterocycles. The number of aliphatic hydroxyl groups excluding tert-OH is 1. The minimum absolute atomic E-state index is 0.0585. The van der Waals surface area contributed by atoms with Crippen LogP contribution in [0, 0.1) is 0 Å². The van der Waals surface area contributed by atoms with E-state index in [0.717, 1.165) is 38.5 Å². The first kappa shape index (κ1) is 83.7. The van der Waals surface area contributed by atoms with Crippen LogP contribution in [0.25, 0.3) is 0 Å². The Morgan fingerprint density at radius 3 is 0.941 bits per heavy atom. The van der Waals surface area contributed by atoms with E-state index in [4.69, 9.17) is 9.05 Å². The predicted octanol–water partition coefficient (Wildman–Crippen LogP) is 24.4. The molecule has 0 spiro atoms. The van der Waals surface area contributed by atoms with Crippen LogP contribution in [0.5, 0.6) is 0 Å². The number of amides is 1. The van der Waals surface area contributed by atoms with Crippen LogP contribution in [0.2, 0.25) is 0 Å². The Morgan fingerprint density at radius 1 is 0.388 bits per heavy atom. The summed E-state index contributed by atoms with van der Waals surface area (Å²) in [5, 5.41) is 14.0. The fourth-order valence-corrected chi connectivity index (χ4v) is 12.4. The van der Waals surface area contributed by atoms with Gasteiger partial charge in [0.05, 0.1) is 39.9 Å². The van der Waals surface area contributed by atoms with Crippen molar-refractivity contribution < 1.29 is 32.9 Å². The number of nitrogens with one attached hydrogen (secondary N) is 1. The maximum atomic E-state index is 13.1. The lowest BCUT2D eigenvalue weighted by atomic mass is 10.0. The zero-order chi connectivity index (χ0) is 61.9. The van der Waals surface area contributed by atoms with E-state index in [1.165, 1.54) is 334 Å². The Kier molecular flexibility index (Phi) is 66.1. The Labute approximate surface area is 531 Å². The van der Waals surface area contributed by atoms with Crippen LogP contribution in [0.4, 0.5) is 0 Å². The van der Waals surface area contributed by atoms with Crippen molar-refractivity contribution in [1.82, 2.24) is 5.32 Å². The molecular formula is C76H150N2O6P+. The predicted molar refractivity (Wildman–Crippen MR) is 374 cm³/mol. The summed E-state index contributed by atoms with van der Waals surface area (Å²) in [6, 6.07) is -0.863. The third-order valence-electron chi connectivity index (χ3n) is 17.6. The summed E-state index contributed by atoms with van der Waals surface area (Å²) >= 11 is 0. The van der Waals surface area contributed by atoms with Crippen molar-refractivity contribution in [2.45, 2.75) is 405 Å². The number of nitrogens with zero attached hydrogens (tertiary/aromatic N) is 1. The Balaban J connectivity index is 3.95. The largest absolute Gasteiger partial charge is 0.472 e. The number of phosphoric acid groups is 1. The van der Waals surface area contributed by atoms with Gasteiger partial charge >= 0.3 is 7.82 Å². The standard InChI is InChI=1S/C76H149N2O6P/c1-6-8-10-12-14-16-18-20-22-24-26-28-30-32-33-34-35-36-37-38-39-40-41-42-43-44-45-46-48-50-52-54-56-58-60-62-64-66-68-70-76(80)77-74(73-84-85(81,82)83-72-71-78(3,4)5)75(79)69-67-65-63-61-59-57-55-53-51-49-47-31-29-27-25-23-21-19-17-15-13-11-9-7-2/h24,26,59,61,67,69,74-75,79H,6-23,25,27-58,60,62-66,68,70-73H2,1-5H3,(H-,77,80,81,82)/p+1/b26-24-,61-59+,69-67+. The maximum Gasteiger partial charge on any atom is 0.472 e. The van der Waals surface area contributed by atoms with E-state index in [2.05, 4.69) is 43.5 Å². The lowest BCUT2D eigenvalue weighted by Crippen LogP contribution is -2.45.